The smallest absolute Gasteiger partial charge is 0.264 e. The summed E-state index contributed by atoms with van der Waals surface area (Å²) >= 11 is 0. The summed E-state index contributed by atoms with van der Waals surface area (Å²) in [7, 11) is -3.83. The van der Waals surface area contributed by atoms with Gasteiger partial charge < -0.3 is 5.73 Å². The number of benzene rings is 1. The summed E-state index contributed by atoms with van der Waals surface area (Å²) in [6, 6.07) is 7.71. The van der Waals surface area contributed by atoms with Crippen molar-refractivity contribution in [2.45, 2.75) is 32.6 Å². The van der Waals surface area contributed by atoms with Crippen molar-refractivity contribution in [2.24, 2.45) is 10.2 Å². The molecule has 2 aromatic heterocycles. The summed E-state index contributed by atoms with van der Waals surface area (Å²) in [6.45, 7) is 7.05. The van der Waals surface area contributed by atoms with E-state index in [-0.39, 0.29) is 16.8 Å². The Morgan fingerprint density at radius 2 is 1.41 bits per heavy atom. The molecule has 150 valence electrons. The lowest BCUT2D eigenvalue weighted by Crippen LogP contribution is -2.15. The molecule has 3 rings (SSSR count). The maximum Gasteiger partial charge on any atom is 0.264 e. The molecule has 29 heavy (non-hydrogen) atoms. The van der Waals surface area contributed by atoms with E-state index in [0.29, 0.717) is 34.2 Å². The third-order valence-corrected chi connectivity index (χ3v) is 5.21. The van der Waals surface area contributed by atoms with Crippen LogP contribution < -0.4 is 10.5 Å². The fourth-order valence-electron chi connectivity index (χ4n) is 2.63. The summed E-state index contributed by atoms with van der Waals surface area (Å²) < 4.78 is 27.5. The number of azo groups is 1. The molecule has 0 aliphatic carbocycles. The molecule has 2 heterocycles. The molecular weight excluding hydrogens is 392 g/mol. The number of nitrogens with zero attached hydrogens (tertiary/aromatic N) is 6. The van der Waals surface area contributed by atoms with Crippen molar-refractivity contribution >= 4 is 33.3 Å². The first-order valence-electron chi connectivity index (χ1n) is 8.62. The monoisotopic (exact) mass is 412 g/mol. The lowest BCUT2D eigenvalue weighted by atomic mass is 10.3. The maximum atomic E-state index is 12.6. The van der Waals surface area contributed by atoms with E-state index in [1.165, 1.54) is 12.1 Å². The quantitative estimate of drug-likeness (QED) is 0.611. The Morgan fingerprint density at radius 1 is 0.862 bits per heavy atom. The summed E-state index contributed by atoms with van der Waals surface area (Å²) in [5, 5.41) is 8.28. The predicted molar refractivity (Wildman–Crippen MR) is 109 cm³/mol. The number of hydrogen-bond donors (Lipinski definition) is 2. The van der Waals surface area contributed by atoms with Gasteiger partial charge in [0.2, 0.25) is 11.9 Å². The van der Waals surface area contributed by atoms with E-state index in [1.54, 1.807) is 45.9 Å². The number of aryl methyl sites for hydroxylation is 4. The van der Waals surface area contributed by atoms with Crippen molar-refractivity contribution in [2.75, 3.05) is 10.5 Å². The van der Waals surface area contributed by atoms with Crippen LogP contribution in [0.4, 0.5) is 23.3 Å². The van der Waals surface area contributed by atoms with E-state index in [1.807, 2.05) is 0 Å². The fourth-order valence-corrected chi connectivity index (χ4v) is 3.58. The first kappa shape index (κ1) is 20.3. The van der Waals surface area contributed by atoms with Gasteiger partial charge in [0.15, 0.2) is 0 Å². The Kier molecular flexibility index (Phi) is 5.50. The van der Waals surface area contributed by atoms with Crippen LogP contribution in [-0.2, 0) is 10.0 Å². The van der Waals surface area contributed by atoms with E-state index in [9.17, 15) is 8.42 Å². The van der Waals surface area contributed by atoms with Gasteiger partial charge in [-0.15, -0.1) is 5.11 Å². The molecule has 0 amide bonds. The zero-order valence-electron chi connectivity index (χ0n) is 16.4. The SMILES string of the molecule is Cc1cc(C)nc(NS(=O)(=O)c2ccc(N=Nc3c(C)nc(N)nc3C)cc2)n1. The molecular formula is C18H20N8O2S. The molecule has 3 N–H and O–H groups in total. The van der Waals surface area contributed by atoms with Crippen LogP contribution in [0.3, 0.4) is 0 Å². The van der Waals surface area contributed by atoms with Gasteiger partial charge >= 0.3 is 0 Å². The summed E-state index contributed by atoms with van der Waals surface area (Å²) in [4.78, 5) is 16.4. The number of aromatic nitrogens is 4. The Bertz CT molecular complexity index is 1150. The van der Waals surface area contributed by atoms with Crippen LogP contribution in [-0.4, -0.2) is 28.4 Å². The topological polar surface area (TPSA) is 148 Å². The minimum Gasteiger partial charge on any atom is -0.368 e. The van der Waals surface area contributed by atoms with Gasteiger partial charge in [0.05, 0.1) is 22.0 Å². The second-order valence-electron chi connectivity index (χ2n) is 6.37. The third-order valence-electron chi connectivity index (χ3n) is 3.87. The zero-order chi connectivity index (χ0) is 21.2. The lowest BCUT2D eigenvalue weighted by molar-refractivity contribution is 0.601. The van der Waals surface area contributed by atoms with Crippen molar-refractivity contribution in [1.29, 1.82) is 0 Å². The van der Waals surface area contributed by atoms with Crippen LogP contribution in [0.5, 0.6) is 0 Å². The van der Waals surface area contributed by atoms with E-state index in [0.717, 1.165) is 0 Å². The second-order valence-corrected chi connectivity index (χ2v) is 8.06. The number of sulfonamides is 1. The predicted octanol–water partition coefficient (Wildman–Crippen LogP) is 3.30. The zero-order valence-corrected chi connectivity index (χ0v) is 17.2. The Morgan fingerprint density at radius 3 is 1.97 bits per heavy atom. The Hall–Kier alpha value is -3.47. The van der Waals surface area contributed by atoms with Gasteiger partial charge in [-0.1, -0.05) is 0 Å². The highest BCUT2D eigenvalue weighted by Crippen LogP contribution is 2.25. The van der Waals surface area contributed by atoms with Gasteiger partial charge in [-0.2, -0.15) is 5.11 Å². The summed E-state index contributed by atoms with van der Waals surface area (Å²) in [5.74, 6) is 0.203. The molecule has 1 aromatic carbocycles. The number of nitrogens with two attached hydrogens (primary N) is 1. The lowest BCUT2D eigenvalue weighted by Gasteiger charge is -2.08. The van der Waals surface area contributed by atoms with Crippen LogP contribution in [0.1, 0.15) is 22.8 Å². The van der Waals surface area contributed by atoms with Crippen LogP contribution >= 0.6 is 0 Å². The van der Waals surface area contributed by atoms with Crippen molar-refractivity contribution in [3.63, 3.8) is 0 Å². The standard InChI is InChI=1S/C18H20N8O2S/c1-10-9-11(2)21-18(20-10)26-29(27,28)15-7-5-14(6-8-15)24-25-16-12(3)22-17(19)23-13(16)4/h5-9H,1-4H3,(H2,19,22,23)(H,20,21,26). The van der Waals surface area contributed by atoms with Crippen molar-refractivity contribution < 1.29 is 8.42 Å². The fraction of sp³-hybridized carbons (Fsp3) is 0.222. The molecule has 0 fully saturated rings. The molecule has 0 radical (unpaired) electrons. The first-order valence-corrected chi connectivity index (χ1v) is 10.1. The Balaban J connectivity index is 1.81. The Labute approximate surface area is 168 Å². The third kappa shape index (κ3) is 4.88. The molecule has 3 aromatic rings. The molecule has 0 bridgehead atoms. The van der Waals surface area contributed by atoms with E-state index >= 15 is 0 Å². The average Bonchev–Trinajstić information content (AvgIpc) is 2.60. The summed E-state index contributed by atoms with van der Waals surface area (Å²) in [6.07, 6.45) is 0. The molecule has 0 atom stereocenters. The molecule has 0 saturated heterocycles. The van der Waals surface area contributed by atoms with Gasteiger partial charge in [-0.3, -0.25) is 0 Å². The van der Waals surface area contributed by atoms with Crippen LogP contribution in [0.2, 0.25) is 0 Å². The van der Waals surface area contributed by atoms with Gasteiger partial charge in [0, 0.05) is 11.4 Å². The number of hydrogen-bond acceptors (Lipinski definition) is 9. The highest BCUT2D eigenvalue weighted by atomic mass is 32.2. The number of nitrogen functional groups attached to an aromatic ring is 1. The van der Waals surface area contributed by atoms with E-state index in [4.69, 9.17) is 5.73 Å². The highest BCUT2D eigenvalue weighted by Gasteiger charge is 2.16. The number of rotatable bonds is 5. The normalized spacial score (nSPS) is 11.7. The number of anilines is 2. The average molecular weight is 412 g/mol. The summed E-state index contributed by atoms with van der Waals surface area (Å²) in [5.41, 5.74) is 9.14. The van der Waals surface area contributed by atoms with Gasteiger partial charge in [0.25, 0.3) is 10.0 Å². The van der Waals surface area contributed by atoms with E-state index in [2.05, 4.69) is 34.9 Å². The van der Waals surface area contributed by atoms with Crippen molar-refractivity contribution in [3.05, 3.63) is 53.1 Å². The van der Waals surface area contributed by atoms with Crippen LogP contribution in [0.15, 0.2) is 45.5 Å². The van der Waals surface area contributed by atoms with Crippen LogP contribution in [0, 0.1) is 27.7 Å². The van der Waals surface area contributed by atoms with Crippen molar-refractivity contribution in [3.8, 4) is 0 Å². The molecule has 10 nitrogen and oxygen atoms in total. The molecule has 0 saturated carbocycles. The maximum absolute atomic E-state index is 12.6. The van der Waals surface area contributed by atoms with Crippen LogP contribution in [0.25, 0.3) is 0 Å². The highest BCUT2D eigenvalue weighted by molar-refractivity contribution is 7.92. The van der Waals surface area contributed by atoms with Gasteiger partial charge in [0.1, 0.15) is 5.69 Å². The largest absolute Gasteiger partial charge is 0.368 e. The minimum atomic E-state index is -3.83. The van der Waals surface area contributed by atoms with Gasteiger partial charge in [-0.05, 0) is 58.0 Å². The molecule has 0 spiro atoms. The molecule has 0 unspecified atom stereocenters. The van der Waals surface area contributed by atoms with Gasteiger partial charge in [-0.25, -0.2) is 33.1 Å². The van der Waals surface area contributed by atoms with Crippen molar-refractivity contribution in [1.82, 2.24) is 19.9 Å². The molecule has 0 aliphatic heterocycles. The number of nitrogens with one attached hydrogen (secondary N) is 1. The van der Waals surface area contributed by atoms with E-state index < -0.39 is 10.0 Å². The minimum absolute atomic E-state index is 0.0283. The molecule has 11 heteroatoms. The second kappa shape index (κ2) is 7.87. The first-order chi connectivity index (χ1) is 13.6. The molecule has 0 aliphatic rings.